The number of hydrogen-bond donors (Lipinski definition) is 3. The second-order valence-electron chi connectivity index (χ2n) is 7.46. The molecule has 4 nitrogen and oxygen atoms in total. The molecule has 3 rings (SSSR count). The van der Waals surface area contributed by atoms with Crippen LogP contribution in [-0.2, 0) is 0 Å². The molecule has 1 aliphatic carbocycles. The molecule has 0 radical (unpaired) electrons. The zero-order valence-corrected chi connectivity index (χ0v) is 17.5. The average Bonchev–Trinajstić information content (AvgIpc) is 2.75. The van der Waals surface area contributed by atoms with Crippen LogP contribution in [0.1, 0.15) is 48.0 Å². The standard InChI is InChI=1S/C23H23ClF3N3O/c24-18-8-4-5-9-19(18)30-20(14-21(28)23(25,26)27)15-10-12-16(13-11-15)22(31)29-17-6-2-1-3-7-17/h4-5,8-14,17,28,30H,1-3,6-7H2,(H,29,31)/b20-14-,28-21?. The van der Waals surface area contributed by atoms with Crippen molar-refractivity contribution in [3.8, 4) is 0 Å². The van der Waals surface area contributed by atoms with Crippen molar-refractivity contribution in [2.24, 2.45) is 0 Å². The number of para-hydroxylation sites is 1. The third-order valence-corrected chi connectivity index (χ3v) is 5.47. The van der Waals surface area contributed by atoms with Crippen LogP contribution in [0.4, 0.5) is 18.9 Å². The van der Waals surface area contributed by atoms with Crippen LogP contribution in [0.15, 0.2) is 54.6 Å². The van der Waals surface area contributed by atoms with Gasteiger partial charge in [0.2, 0.25) is 0 Å². The predicted molar refractivity (Wildman–Crippen MR) is 118 cm³/mol. The number of rotatable bonds is 6. The molecule has 1 amide bonds. The maximum absolute atomic E-state index is 13.0. The highest BCUT2D eigenvalue weighted by molar-refractivity contribution is 6.33. The van der Waals surface area contributed by atoms with Gasteiger partial charge in [-0.05, 0) is 48.7 Å². The first-order valence-corrected chi connectivity index (χ1v) is 10.4. The lowest BCUT2D eigenvalue weighted by molar-refractivity contribution is -0.0583. The van der Waals surface area contributed by atoms with Crippen LogP contribution in [0.25, 0.3) is 5.70 Å². The van der Waals surface area contributed by atoms with E-state index in [9.17, 15) is 18.0 Å². The van der Waals surface area contributed by atoms with Crippen LogP contribution >= 0.6 is 11.6 Å². The summed E-state index contributed by atoms with van der Waals surface area (Å²) in [6.07, 6.45) is 1.21. The van der Waals surface area contributed by atoms with Crippen molar-refractivity contribution in [2.75, 3.05) is 5.32 Å². The summed E-state index contributed by atoms with van der Waals surface area (Å²) >= 11 is 6.12. The molecule has 31 heavy (non-hydrogen) atoms. The fourth-order valence-corrected chi connectivity index (χ4v) is 3.63. The molecule has 1 saturated carbocycles. The van der Waals surface area contributed by atoms with Gasteiger partial charge in [0, 0.05) is 17.3 Å². The first-order valence-electron chi connectivity index (χ1n) is 10.0. The molecule has 2 aromatic rings. The highest BCUT2D eigenvalue weighted by atomic mass is 35.5. The first-order chi connectivity index (χ1) is 14.7. The van der Waals surface area contributed by atoms with Crippen LogP contribution in [0.2, 0.25) is 5.02 Å². The van der Waals surface area contributed by atoms with Gasteiger partial charge in [0.05, 0.1) is 10.7 Å². The van der Waals surface area contributed by atoms with Crippen molar-refractivity contribution in [1.82, 2.24) is 5.32 Å². The summed E-state index contributed by atoms with van der Waals surface area (Å²) in [5.74, 6) is -0.203. The Morgan fingerprint density at radius 3 is 2.23 bits per heavy atom. The Bertz CT molecular complexity index is 965. The third-order valence-electron chi connectivity index (χ3n) is 5.14. The zero-order chi connectivity index (χ0) is 22.4. The van der Waals surface area contributed by atoms with Crippen LogP contribution < -0.4 is 10.6 Å². The number of nitrogens with one attached hydrogen (secondary N) is 3. The van der Waals surface area contributed by atoms with Gasteiger partial charge >= 0.3 is 6.18 Å². The van der Waals surface area contributed by atoms with E-state index in [1.54, 1.807) is 48.5 Å². The van der Waals surface area contributed by atoms with Gasteiger partial charge in [0.15, 0.2) is 0 Å². The lowest BCUT2D eigenvalue weighted by Gasteiger charge is -2.22. The molecular formula is C23H23ClF3N3O. The SMILES string of the molecule is N=C(/C=C(\Nc1ccccc1Cl)c1ccc(C(=O)NC2CCCCC2)cc1)C(F)(F)F. The fourth-order valence-electron chi connectivity index (χ4n) is 3.44. The summed E-state index contributed by atoms with van der Waals surface area (Å²) in [4.78, 5) is 12.5. The quantitative estimate of drug-likeness (QED) is 0.444. The summed E-state index contributed by atoms with van der Waals surface area (Å²) in [5.41, 5.74) is -0.221. The molecule has 0 aliphatic heterocycles. The van der Waals surface area contributed by atoms with Gasteiger partial charge in [-0.3, -0.25) is 10.2 Å². The normalized spacial score (nSPS) is 15.4. The van der Waals surface area contributed by atoms with E-state index in [-0.39, 0.29) is 17.6 Å². The van der Waals surface area contributed by atoms with Gasteiger partial charge in [0.25, 0.3) is 5.91 Å². The summed E-state index contributed by atoms with van der Waals surface area (Å²) in [6, 6.07) is 13.0. The van der Waals surface area contributed by atoms with Crippen LogP contribution in [0, 0.1) is 5.41 Å². The smallest absolute Gasteiger partial charge is 0.354 e. The summed E-state index contributed by atoms with van der Waals surface area (Å²) < 4.78 is 38.9. The Kier molecular flexibility index (Phi) is 7.38. The van der Waals surface area contributed by atoms with E-state index in [0.29, 0.717) is 27.9 Å². The van der Waals surface area contributed by atoms with Crippen molar-refractivity contribution in [1.29, 1.82) is 5.41 Å². The Morgan fingerprint density at radius 1 is 1.00 bits per heavy atom. The minimum absolute atomic E-state index is 0.0506. The maximum atomic E-state index is 13.0. The van der Waals surface area contributed by atoms with Crippen molar-refractivity contribution in [3.63, 3.8) is 0 Å². The Labute approximate surface area is 184 Å². The largest absolute Gasteiger partial charge is 0.432 e. The van der Waals surface area contributed by atoms with Crippen molar-refractivity contribution < 1.29 is 18.0 Å². The lowest BCUT2D eigenvalue weighted by atomic mass is 9.95. The number of hydrogen-bond acceptors (Lipinski definition) is 3. The molecule has 0 spiro atoms. The van der Waals surface area contributed by atoms with E-state index >= 15 is 0 Å². The lowest BCUT2D eigenvalue weighted by Crippen LogP contribution is -2.36. The fraction of sp³-hybridized carbons (Fsp3) is 0.304. The van der Waals surface area contributed by atoms with Crippen molar-refractivity contribution in [3.05, 3.63) is 70.8 Å². The van der Waals surface area contributed by atoms with E-state index in [0.717, 1.165) is 25.7 Å². The number of carbonyl (C=O) groups excluding carboxylic acids is 1. The molecule has 0 atom stereocenters. The topological polar surface area (TPSA) is 65.0 Å². The van der Waals surface area contributed by atoms with Gasteiger partial charge in [-0.1, -0.05) is 55.1 Å². The molecule has 1 fully saturated rings. The van der Waals surface area contributed by atoms with Crippen molar-refractivity contribution in [2.45, 2.75) is 44.3 Å². The van der Waals surface area contributed by atoms with E-state index in [4.69, 9.17) is 17.0 Å². The van der Waals surface area contributed by atoms with Gasteiger partial charge in [-0.15, -0.1) is 0 Å². The Hall–Kier alpha value is -2.80. The number of allylic oxidation sites excluding steroid dienone is 1. The van der Waals surface area contributed by atoms with Gasteiger partial charge in [-0.25, -0.2) is 0 Å². The van der Waals surface area contributed by atoms with E-state index in [1.165, 1.54) is 6.42 Å². The maximum Gasteiger partial charge on any atom is 0.432 e. The number of halogens is 4. The molecule has 3 N–H and O–H groups in total. The number of benzene rings is 2. The van der Waals surface area contributed by atoms with Crippen LogP contribution in [-0.4, -0.2) is 23.8 Å². The number of alkyl halides is 3. The number of carbonyl (C=O) groups is 1. The monoisotopic (exact) mass is 449 g/mol. The Morgan fingerprint density at radius 2 is 1.61 bits per heavy atom. The third kappa shape index (κ3) is 6.34. The average molecular weight is 450 g/mol. The molecule has 0 saturated heterocycles. The molecule has 0 bridgehead atoms. The molecule has 1 aliphatic rings. The summed E-state index contributed by atoms with van der Waals surface area (Å²) in [7, 11) is 0. The Balaban J connectivity index is 1.83. The van der Waals surface area contributed by atoms with Gasteiger partial charge in [0.1, 0.15) is 5.71 Å². The molecule has 0 heterocycles. The minimum atomic E-state index is -4.78. The first kappa shape index (κ1) is 22.9. The van der Waals surface area contributed by atoms with Gasteiger partial charge < -0.3 is 10.6 Å². The highest BCUT2D eigenvalue weighted by Crippen LogP contribution is 2.27. The number of anilines is 1. The molecule has 8 heteroatoms. The van der Waals surface area contributed by atoms with Crippen LogP contribution in [0.5, 0.6) is 0 Å². The second kappa shape index (κ2) is 10.0. The van der Waals surface area contributed by atoms with Gasteiger partial charge in [-0.2, -0.15) is 13.2 Å². The van der Waals surface area contributed by atoms with E-state index < -0.39 is 11.9 Å². The molecule has 2 aromatic carbocycles. The van der Waals surface area contributed by atoms with Crippen LogP contribution in [0.3, 0.4) is 0 Å². The molecule has 0 unspecified atom stereocenters. The predicted octanol–water partition coefficient (Wildman–Crippen LogP) is 6.44. The van der Waals surface area contributed by atoms with E-state index in [2.05, 4.69) is 10.6 Å². The zero-order valence-electron chi connectivity index (χ0n) is 16.7. The second-order valence-corrected chi connectivity index (χ2v) is 7.87. The van der Waals surface area contributed by atoms with E-state index in [1.807, 2.05) is 0 Å². The molecule has 0 aromatic heterocycles. The molecular weight excluding hydrogens is 427 g/mol. The number of amides is 1. The summed E-state index contributed by atoms with van der Waals surface area (Å²) in [5, 5.41) is 13.6. The highest BCUT2D eigenvalue weighted by Gasteiger charge is 2.33. The summed E-state index contributed by atoms with van der Waals surface area (Å²) in [6.45, 7) is 0. The van der Waals surface area contributed by atoms with Crippen molar-refractivity contribution >= 4 is 34.6 Å². The molecule has 164 valence electrons. The minimum Gasteiger partial charge on any atom is -0.354 e.